The normalized spacial score (nSPS) is 12.8. The highest BCUT2D eigenvalue weighted by Crippen LogP contribution is 2.44. The van der Waals surface area contributed by atoms with Crippen molar-refractivity contribution in [1.82, 2.24) is 0 Å². The highest BCUT2D eigenvalue weighted by molar-refractivity contribution is 5.78. The average molecular weight is 286 g/mol. The van der Waals surface area contributed by atoms with Crippen molar-refractivity contribution in [3.63, 3.8) is 0 Å². The molecule has 3 aromatic rings. The van der Waals surface area contributed by atoms with Gasteiger partial charge in [0.2, 0.25) is 0 Å². The van der Waals surface area contributed by atoms with Crippen molar-refractivity contribution in [1.29, 1.82) is 0 Å². The van der Waals surface area contributed by atoms with E-state index in [1.807, 2.05) is 12.1 Å². The third-order valence-electron chi connectivity index (χ3n) is 4.40. The van der Waals surface area contributed by atoms with Crippen molar-refractivity contribution in [3.05, 3.63) is 89.5 Å². The maximum absolute atomic E-state index is 6.06. The van der Waals surface area contributed by atoms with Gasteiger partial charge in [-0.15, -0.1) is 0 Å². The number of fused-ring (bicyclic) bond motifs is 3. The Morgan fingerprint density at radius 3 is 1.86 bits per heavy atom. The van der Waals surface area contributed by atoms with E-state index in [4.69, 9.17) is 4.74 Å². The van der Waals surface area contributed by atoms with Crippen LogP contribution in [0.3, 0.4) is 0 Å². The fourth-order valence-corrected chi connectivity index (χ4v) is 3.25. The summed E-state index contributed by atoms with van der Waals surface area (Å²) in [6.45, 7) is 2.77. The second-order valence-electron chi connectivity index (χ2n) is 5.85. The minimum atomic E-state index is 0.314. The minimum absolute atomic E-state index is 0.314. The van der Waals surface area contributed by atoms with Gasteiger partial charge in [0.1, 0.15) is 5.75 Å². The molecule has 0 saturated heterocycles. The largest absolute Gasteiger partial charge is 0.493 e. The first kappa shape index (κ1) is 13.1. The molecule has 0 bridgehead atoms. The van der Waals surface area contributed by atoms with Crippen LogP contribution in [-0.4, -0.2) is 6.61 Å². The zero-order valence-corrected chi connectivity index (χ0v) is 12.6. The van der Waals surface area contributed by atoms with Crippen LogP contribution in [0.4, 0.5) is 0 Å². The van der Waals surface area contributed by atoms with Gasteiger partial charge in [0, 0.05) is 5.92 Å². The summed E-state index contributed by atoms with van der Waals surface area (Å²) in [5, 5.41) is 0. The van der Waals surface area contributed by atoms with Crippen molar-refractivity contribution in [2.45, 2.75) is 12.8 Å². The van der Waals surface area contributed by atoms with E-state index in [-0.39, 0.29) is 0 Å². The molecule has 0 radical (unpaired) electrons. The van der Waals surface area contributed by atoms with Crippen molar-refractivity contribution < 1.29 is 4.74 Å². The van der Waals surface area contributed by atoms with E-state index >= 15 is 0 Å². The summed E-state index contributed by atoms with van der Waals surface area (Å²) in [5.74, 6) is 1.25. The maximum Gasteiger partial charge on any atom is 0.119 e. The fourth-order valence-electron chi connectivity index (χ4n) is 3.25. The Morgan fingerprint density at radius 1 is 0.727 bits per heavy atom. The van der Waals surface area contributed by atoms with Crippen LogP contribution in [0.15, 0.2) is 72.8 Å². The standard InChI is InChI=1S/C21H18O/c1-15-10-12-16(13-11-15)22-14-21-19-8-4-2-6-17(19)18-7-3-5-9-20(18)21/h2-13,21H,14H2,1H3. The topological polar surface area (TPSA) is 9.23 Å². The van der Waals surface area contributed by atoms with E-state index in [0.717, 1.165) is 5.75 Å². The third kappa shape index (κ3) is 2.19. The lowest BCUT2D eigenvalue weighted by atomic mass is 9.98. The lowest BCUT2D eigenvalue weighted by Gasteiger charge is -2.15. The lowest BCUT2D eigenvalue weighted by molar-refractivity contribution is 0.305. The van der Waals surface area contributed by atoms with Crippen LogP contribution < -0.4 is 4.74 Å². The number of hydrogen-bond donors (Lipinski definition) is 0. The molecule has 0 unspecified atom stereocenters. The molecule has 0 amide bonds. The van der Waals surface area contributed by atoms with Crippen molar-refractivity contribution >= 4 is 0 Å². The second kappa shape index (κ2) is 5.34. The van der Waals surface area contributed by atoms with Gasteiger partial charge in [-0.25, -0.2) is 0 Å². The number of benzene rings is 3. The van der Waals surface area contributed by atoms with Crippen molar-refractivity contribution in [2.24, 2.45) is 0 Å². The third-order valence-corrected chi connectivity index (χ3v) is 4.40. The van der Waals surface area contributed by atoms with E-state index in [1.165, 1.54) is 27.8 Å². The van der Waals surface area contributed by atoms with Crippen molar-refractivity contribution in [2.75, 3.05) is 6.61 Å². The summed E-state index contributed by atoms with van der Waals surface area (Å²) >= 11 is 0. The molecule has 1 aliphatic carbocycles. The predicted molar refractivity (Wildman–Crippen MR) is 90.4 cm³/mol. The van der Waals surface area contributed by atoms with E-state index in [0.29, 0.717) is 12.5 Å². The first-order valence-electron chi connectivity index (χ1n) is 7.70. The Labute approximate surface area is 131 Å². The number of rotatable bonds is 3. The Balaban J connectivity index is 1.65. The van der Waals surface area contributed by atoms with Crippen LogP contribution in [-0.2, 0) is 0 Å². The SMILES string of the molecule is Cc1ccc(OCC2c3ccccc3-c3ccccc32)cc1. The first-order valence-corrected chi connectivity index (χ1v) is 7.70. The monoisotopic (exact) mass is 286 g/mol. The fraction of sp³-hybridized carbons (Fsp3) is 0.143. The Bertz CT molecular complexity index is 757. The first-order chi connectivity index (χ1) is 10.8. The molecular weight excluding hydrogens is 268 g/mol. The Kier molecular flexibility index (Phi) is 3.19. The van der Waals surface area contributed by atoms with Gasteiger partial charge in [-0.05, 0) is 41.3 Å². The van der Waals surface area contributed by atoms with E-state index in [9.17, 15) is 0 Å². The van der Waals surface area contributed by atoms with Crippen LogP contribution in [0.25, 0.3) is 11.1 Å². The number of ether oxygens (including phenoxy) is 1. The van der Waals surface area contributed by atoms with Crippen molar-refractivity contribution in [3.8, 4) is 16.9 Å². The van der Waals surface area contributed by atoms with E-state index < -0.39 is 0 Å². The predicted octanol–water partition coefficient (Wildman–Crippen LogP) is 5.19. The highest BCUT2D eigenvalue weighted by atomic mass is 16.5. The summed E-state index contributed by atoms with van der Waals surface area (Å²) in [7, 11) is 0. The molecule has 22 heavy (non-hydrogen) atoms. The van der Waals surface area contributed by atoms with Gasteiger partial charge in [0.05, 0.1) is 6.61 Å². The van der Waals surface area contributed by atoms with Gasteiger partial charge < -0.3 is 4.74 Å². The molecule has 4 rings (SSSR count). The van der Waals surface area contributed by atoms with Crippen LogP contribution in [0.1, 0.15) is 22.6 Å². The van der Waals surface area contributed by atoms with E-state index in [1.54, 1.807) is 0 Å². The highest BCUT2D eigenvalue weighted by Gasteiger charge is 2.28. The van der Waals surface area contributed by atoms with Gasteiger partial charge in [-0.2, -0.15) is 0 Å². The molecule has 0 spiro atoms. The summed E-state index contributed by atoms with van der Waals surface area (Å²) in [5.41, 5.74) is 6.68. The smallest absolute Gasteiger partial charge is 0.119 e. The molecule has 3 aromatic carbocycles. The molecule has 0 N–H and O–H groups in total. The zero-order valence-electron chi connectivity index (χ0n) is 12.6. The molecule has 1 aliphatic rings. The average Bonchev–Trinajstić information content (AvgIpc) is 2.89. The molecule has 0 aliphatic heterocycles. The molecule has 1 heteroatoms. The van der Waals surface area contributed by atoms with Crippen LogP contribution in [0.2, 0.25) is 0 Å². The molecule has 0 heterocycles. The minimum Gasteiger partial charge on any atom is -0.493 e. The summed E-state index contributed by atoms with van der Waals surface area (Å²) < 4.78 is 6.06. The van der Waals surface area contributed by atoms with Gasteiger partial charge in [0.15, 0.2) is 0 Å². The lowest BCUT2D eigenvalue weighted by Crippen LogP contribution is -2.09. The Hall–Kier alpha value is -2.54. The Morgan fingerprint density at radius 2 is 1.27 bits per heavy atom. The van der Waals surface area contributed by atoms with E-state index in [2.05, 4.69) is 67.6 Å². The molecule has 0 fully saturated rings. The zero-order chi connectivity index (χ0) is 14.9. The second-order valence-corrected chi connectivity index (χ2v) is 5.85. The molecule has 0 atom stereocenters. The van der Waals surface area contributed by atoms with Gasteiger partial charge in [0.25, 0.3) is 0 Å². The van der Waals surface area contributed by atoms with Crippen LogP contribution in [0.5, 0.6) is 5.75 Å². The number of hydrogen-bond acceptors (Lipinski definition) is 1. The van der Waals surface area contributed by atoms with Gasteiger partial charge >= 0.3 is 0 Å². The molecule has 1 nitrogen and oxygen atoms in total. The summed E-state index contributed by atoms with van der Waals surface area (Å²) in [6.07, 6.45) is 0. The van der Waals surface area contributed by atoms with Gasteiger partial charge in [-0.3, -0.25) is 0 Å². The van der Waals surface area contributed by atoms with Crippen LogP contribution >= 0.6 is 0 Å². The molecule has 108 valence electrons. The van der Waals surface area contributed by atoms with Crippen LogP contribution in [0, 0.1) is 6.92 Å². The molecular formula is C21H18O. The molecule has 0 aromatic heterocycles. The summed E-state index contributed by atoms with van der Waals surface area (Å²) in [6, 6.07) is 25.6. The number of aryl methyl sites for hydroxylation is 1. The molecule has 0 saturated carbocycles. The maximum atomic E-state index is 6.06. The summed E-state index contributed by atoms with van der Waals surface area (Å²) in [4.78, 5) is 0. The van der Waals surface area contributed by atoms with Gasteiger partial charge in [-0.1, -0.05) is 66.2 Å². The quantitative estimate of drug-likeness (QED) is 0.644.